The smallest absolute Gasteiger partial charge is 0.326 e. The predicted octanol–water partition coefficient (Wildman–Crippen LogP) is 3.22. The first kappa shape index (κ1) is 20.1. The number of fused-ring (bicyclic) bond motifs is 4. The first-order valence-corrected chi connectivity index (χ1v) is 11.2. The standard InChI is InChI=1S/C23H25FN8O/c1-3-18-27-7-13(8-28-18)33-23-30-21-19(14-5-12(24)6-17(26-2)20(14)29-21)22(31-23)32-9-11-4-16(25)15(11)10-32/h5-8,11,15-16,26H,3-4,9-10,25H2,1-2H3,(H,29,30,31)/t11?,15?,16-/m1/s1. The molecule has 1 saturated heterocycles. The van der Waals surface area contributed by atoms with E-state index in [9.17, 15) is 4.39 Å². The highest BCUT2D eigenvalue weighted by molar-refractivity contribution is 6.14. The molecule has 2 fully saturated rings. The summed E-state index contributed by atoms with van der Waals surface area (Å²) >= 11 is 0. The van der Waals surface area contributed by atoms with Crippen molar-refractivity contribution in [3.8, 4) is 11.8 Å². The van der Waals surface area contributed by atoms with Gasteiger partial charge in [0.05, 0.1) is 29.0 Å². The van der Waals surface area contributed by atoms with Crippen molar-refractivity contribution in [2.45, 2.75) is 25.8 Å². The van der Waals surface area contributed by atoms with Crippen LogP contribution in [0.1, 0.15) is 19.2 Å². The van der Waals surface area contributed by atoms with E-state index < -0.39 is 0 Å². The average Bonchev–Trinajstić information content (AvgIpc) is 3.36. The van der Waals surface area contributed by atoms with Crippen LogP contribution in [-0.4, -0.2) is 51.1 Å². The highest BCUT2D eigenvalue weighted by Gasteiger charge is 2.46. The molecule has 4 aromatic rings. The summed E-state index contributed by atoms with van der Waals surface area (Å²) in [6.07, 6.45) is 5.00. The first-order chi connectivity index (χ1) is 16.0. The lowest BCUT2D eigenvalue weighted by molar-refractivity contribution is 0.194. The van der Waals surface area contributed by atoms with Crippen LogP contribution in [0.5, 0.6) is 11.8 Å². The van der Waals surface area contributed by atoms with Crippen LogP contribution in [0.3, 0.4) is 0 Å². The fourth-order valence-corrected chi connectivity index (χ4v) is 5.11. The highest BCUT2D eigenvalue weighted by atomic mass is 19.1. The van der Waals surface area contributed by atoms with Crippen molar-refractivity contribution in [2.75, 3.05) is 30.4 Å². The van der Waals surface area contributed by atoms with Gasteiger partial charge in [-0.25, -0.2) is 14.4 Å². The molecule has 0 amide bonds. The summed E-state index contributed by atoms with van der Waals surface area (Å²) in [5.41, 5.74) is 8.25. The van der Waals surface area contributed by atoms with Crippen LogP contribution in [0, 0.1) is 17.7 Å². The van der Waals surface area contributed by atoms with E-state index in [2.05, 4.69) is 30.2 Å². The number of halogens is 1. The fourth-order valence-electron chi connectivity index (χ4n) is 5.11. The van der Waals surface area contributed by atoms with Crippen molar-refractivity contribution in [1.82, 2.24) is 24.9 Å². The Bertz CT molecular complexity index is 1350. The minimum absolute atomic E-state index is 0.187. The van der Waals surface area contributed by atoms with Crippen LogP contribution in [0.4, 0.5) is 15.9 Å². The van der Waals surface area contributed by atoms with Crippen molar-refractivity contribution in [2.24, 2.45) is 17.6 Å². The highest BCUT2D eigenvalue weighted by Crippen LogP contribution is 2.44. The second kappa shape index (κ2) is 7.51. The molecule has 2 unspecified atom stereocenters. The van der Waals surface area contributed by atoms with E-state index in [1.165, 1.54) is 12.1 Å². The summed E-state index contributed by atoms with van der Waals surface area (Å²) in [4.78, 5) is 23.5. The number of nitrogens with one attached hydrogen (secondary N) is 2. The van der Waals surface area contributed by atoms with E-state index in [0.717, 1.165) is 53.9 Å². The number of benzene rings is 1. The number of rotatable bonds is 5. The van der Waals surface area contributed by atoms with Crippen molar-refractivity contribution in [3.63, 3.8) is 0 Å². The monoisotopic (exact) mass is 448 g/mol. The van der Waals surface area contributed by atoms with Gasteiger partial charge in [0.15, 0.2) is 5.75 Å². The number of aromatic nitrogens is 5. The molecule has 9 nitrogen and oxygen atoms in total. The van der Waals surface area contributed by atoms with E-state index >= 15 is 0 Å². The molecular weight excluding hydrogens is 423 g/mol. The van der Waals surface area contributed by atoms with Crippen LogP contribution in [-0.2, 0) is 6.42 Å². The Hall–Kier alpha value is -3.53. The van der Waals surface area contributed by atoms with Gasteiger partial charge in [-0.2, -0.15) is 9.97 Å². The van der Waals surface area contributed by atoms with E-state index in [0.29, 0.717) is 28.9 Å². The Morgan fingerprint density at radius 1 is 1.24 bits per heavy atom. The minimum Gasteiger partial charge on any atom is -0.421 e. The zero-order valence-corrected chi connectivity index (χ0v) is 18.5. The van der Waals surface area contributed by atoms with Gasteiger partial charge < -0.3 is 25.7 Å². The number of anilines is 2. The van der Waals surface area contributed by atoms with E-state index in [1.54, 1.807) is 19.4 Å². The number of nitrogens with two attached hydrogens (primary N) is 1. The summed E-state index contributed by atoms with van der Waals surface area (Å²) in [5, 5.41) is 4.57. The zero-order valence-electron chi connectivity index (χ0n) is 18.5. The molecule has 4 N–H and O–H groups in total. The SMILES string of the molecule is CCc1ncc(Oc2nc(N3CC4C[C@@H](N)C4C3)c3c(n2)[nH]c2c(NC)cc(F)cc23)cn1. The van der Waals surface area contributed by atoms with Crippen molar-refractivity contribution >= 4 is 33.4 Å². The van der Waals surface area contributed by atoms with Crippen LogP contribution in [0.2, 0.25) is 0 Å². The quantitative estimate of drug-likeness (QED) is 0.426. The van der Waals surface area contributed by atoms with Crippen molar-refractivity contribution in [3.05, 3.63) is 36.2 Å². The molecule has 6 rings (SSSR count). The Morgan fingerprint density at radius 2 is 2.06 bits per heavy atom. The molecule has 3 atom stereocenters. The first-order valence-electron chi connectivity index (χ1n) is 11.2. The largest absolute Gasteiger partial charge is 0.421 e. The molecule has 0 bridgehead atoms. The molecule has 0 spiro atoms. The second-order valence-corrected chi connectivity index (χ2v) is 8.82. The van der Waals surface area contributed by atoms with Gasteiger partial charge >= 0.3 is 6.01 Å². The van der Waals surface area contributed by atoms with Gasteiger partial charge in [-0.1, -0.05) is 6.92 Å². The lowest BCUT2D eigenvalue weighted by Gasteiger charge is -2.36. The maximum Gasteiger partial charge on any atom is 0.326 e. The van der Waals surface area contributed by atoms with Gasteiger partial charge in [0.1, 0.15) is 23.1 Å². The third-order valence-corrected chi connectivity index (χ3v) is 6.88. The van der Waals surface area contributed by atoms with Gasteiger partial charge in [-0.15, -0.1) is 0 Å². The molecule has 1 aliphatic heterocycles. The topological polar surface area (TPSA) is 118 Å². The van der Waals surface area contributed by atoms with E-state index in [4.69, 9.17) is 15.5 Å². The maximum atomic E-state index is 14.4. The minimum atomic E-state index is -0.323. The van der Waals surface area contributed by atoms with Crippen LogP contribution in [0.25, 0.3) is 21.9 Å². The molecule has 3 aromatic heterocycles. The summed E-state index contributed by atoms with van der Waals surface area (Å²) < 4.78 is 20.4. The van der Waals surface area contributed by atoms with E-state index in [-0.39, 0.29) is 17.9 Å². The van der Waals surface area contributed by atoms with Crippen molar-refractivity contribution < 1.29 is 9.13 Å². The van der Waals surface area contributed by atoms with Gasteiger partial charge in [0, 0.05) is 38.0 Å². The lowest BCUT2D eigenvalue weighted by atomic mass is 9.72. The van der Waals surface area contributed by atoms with Gasteiger partial charge in [0.2, 0.25) is 0 Å². The molecule has 10 heteroatoms. The van der Waals surface area contributed by atoms with E-state index in [1.807, 2.05) is 6.92 Å². The Kier molecular flexibility index (Phi) is 4.58. The second-order valence-electron chi connectivity index (χ2n) is 8.82. The molecule has 4 heterocycles. The summed E-state index contributed by atoms with van der Waals surface area (Å²) in [6, 6.07) is 3.39. The molecular formula is C23H25FN8O. The third kappa shape index (κ3) is 3.24. The lowest BCUT2D eigenvalue weighted by Crippen LogP contribution is -2.46. The van der Waals surface area contributed by atoms with Crippen LogP contribution >= 0.6 is 0 Å². The number of nitrogens with zero attached hydrogens (tertiary/aromatic N) is 5. The number of aryl methyl sites for hydroxylation is 1. The summed E-state index contributed by atoms with van der Waals surface area (Å²) in [7, 11) is 1.76. The summed E-state index contributed by atoms with van der Waals surface area (Å²) in [5.74, 6) is 2.60. The Labute approximate surface area is 189 Å². The third-order valence-electron chi connectivity index (χ3n) is 6.88. The van der Waals surface area contributed by atoms with Crippen molar-refractivity contribution in [1.29, 1.82) is 0 Å². The molecule has 1 saturated carbocycles. The molecule has 33 heavy (non-hydrogen) atoms. The molecule has 1 aromatic carbocycles. The zero-order chi connectivity index (χ0) is 22.7. The predicted molar refractivity (Wildman–Crippen MR) is 124 cm³/mol. The van der Waals surface area contributed by atoms with Gasteiger partial charge in [-0.3, -0.25) is 0 Å². The number of H-pyrrole nitrogens is 1. The molecule has 1 aliphatic carbocycles. The Morgan fingerprint density at radius 3 is 2.76 bits per heavy atom. The summed E-state index contributed by atoms with van der Waals surface area (Å²) in [6.45, 7) is 3.66. The van der Waals surface area contributed by atoms with Crippen LogP contribution < -0.4 is 20.7 Å². The number of aromatic amines is 1. The number of ether oxygens (including phenoxy) is 1. The number of hydrogen-bond acceptors (Lipinski definition) is 8. The molecule has 170 valence electrons. The van der Waals surface area contributed by atoms with Gasteiger partial charge in [-0.05, 0) is 30.4 Å². The maximum absolute atomic E-state index is 14.4. The van der Waals surface area contributed by atoms with Gasteiger partial charge in [0.25, 0.3) is 0 Å². The molecule has 2 aliphatic rings. The molecule has 0 radical (unpaired) electrons. The van der Waals surface area contributed by atoms with Crippen LogP contribution in [0.15, 0.2) is 24.5 Å². The number of hydrogen-bond donors (Lipinski definition) is 3. The average molecular weight is 449 g/mol. The Balaban J connectivity index is 1.50. The normalized spacial score (nSPS) is 21.9. The fraction of sp³-hybridized carbons (Fsp3) is 0.391.